The van der Waals surface area contributed by atoms with Crippen LogP contribution in [-0.4, -0.2) is 29.8 Å². The van der Waals surface area contributed by atoms with Gasteiger partial charge in [-0.25, -0.2) is 0 Å². The molecule has 3 atom stereocenters. The summed E-state index contributed by atoms with van der Waals surface area (Å²) in [5.41, 5.74) is 0. The summed E-state index contributed by atoms with van der Waals surface area (Å²) in [5.74, 6) is 1.67. The minimum atomic E-state index is 0.219. The van der Waals surface area contributed by atoms with Crippen LogP contribution in [0.5, 0.6) is 0 Å². The number of hydrogen-bond donors (Lipinski definition) is 0. The van der Waals surface area contributed by atoms with E-state index in [1.165, 1.54) is 38.4 Å². The molecule has 0 aromatic rings. The van der Waals surface area contributed by atoms with E-state index < -0.39 is 0 Å². The van der Waals surface area contributed by atoms with Crippen molar-refractivity contribution in [3.8, 4) is 0 Å². The van der Waals surface area contributed by atoms with Crippen molar-refractivity contribution in [2.75, 3.05) is 6.54 Å². The zero-order chi connectivity index (χ0) is 11.5. The molecule has 2 nitrogen and oxygen atoms in total. The second-order valence-corrected chi connectivity index (χ2v) is 6.01. The van der Waals surface area contributed by atoms with Gasteiger partial charge >= 0.3 is 0 Å². The number of nitrogens with zero attached hydrogens (tertiary/aromatic N) is 1. The minimum Gasteiger partial charge on any atom is -0.302 e. The quantitative estimate of drug-likeness (QED) is 0.671. The number of piperidine rings is 1. The molecule has 2 fully saturated rings. The third kappa shape index (κ3) is 2.65. The Kier molecular flexibility index (Phi) is 4.01. The SMILES string of the molecule is CC1CC(C)CC(N2CCCCC2C=O)C1. The highest BCUT2D eigenvalue weighted by molar-refractivity contribution is 5.57. The summed E-state index contributed by atoms with van der Waals surface area (Å²) in [7, 11) is 0. The van der Waals surface area contributed by atoms with E-state index in [9.17, 15) is 4.79 Å². The Morgan fingerprint density at radius 2 is 1.75 bits per heavy atom. The fourth-order valence-electron chi connectivity index (χ4n) is 3.75. The molecule has 0 spiro atoms. The molecule has 1 saturated carbocycles. The molecule has 92 valence electrons. The Morgan fingerprint density at radius 3 is 2.38 bits per heavy atom. The first-order valence-electron chi connectivity index (χ1n) is 6.91. The Bertz CT molecular complexity index is 231. The van der Waals surface area contributed by atoms with E-state index in [4.69, 9.17) is 0 Å². The lowest BCUT2D eigenvalue weighted by molar-refractivity contribution is -0.115. The maximum absolute atomic E-state index is 11.1. The molecule has 16 heavy (non-hydrogen) atoms. The summed E-state index contributed by atoms with van der Waals surface area (Å²) in [6, 6.07) is 0.894. The summed E-state index contributed by atoms with van der Waals surface area (Å²) in [6.07, 6.45) is 8.76. The van der Waals surface area contributed by atoms with E-state index in [0.29, 0.717) is 6.04 Å². The van der Waals surface area contributed by atoms with Crippen molar-refractivity contribution >= 4 is 6.29 Å². The molecule has 0 bridgehead atoms. The van der Waals surface area contributed by atoms with Crippen LogP contribution in [0, 0.1) is 11.8 Å². The fourth-order valence-corrected chi connectivity index (χ4v) is 3.75. The van der Waals surface area contributed by atoms with E-state index in [0.717, 1.165) is 24.8 Å². The van der Waals surface area contributed by atoms with Crippen LogP contribution in [0.3, 0.4) is 0 Å². The zero-order valence-electron chi connectivity index (χ0n) is 10.7. The zero-order valence-corrected chi connectivity index (χ0v) is 10.7. The van der Waals surface area contributed by atoms with E-state index in [2.05, 4.69) is 18.7 Å². The van der Waals surface area contributed by atoms with Gasteiger partial charge in [0.05, 0.1) is 6.04 Å². The maximum Gasteiger partial charge on any atom is 0.137 e. The average Bonchev–Trinajstić information content (AvgIpc) is 2.27. The summed E-state index contributed by atoms with van der Waals surface area (Å²) < 4.78 is 0. The van der Waals surface area contributed by atoms with Crippen LogP contribution in [0.2, 0.25) is 0 Å². The molecule has 1 aliphatic heterocycles. The fraction of sp³-hybridized carbons (Fsp3) is 0.929. The second kappa shape index (κ2) is 5.31. The van der Waals surface area contributed by atoms with Crippen LogP contribution in [0.15, 0.2) is 0 Å². The summed E-state index contributed by atoms with van der Waals surface area (Å²) in [5, 5.41) is 0. The van der Waals surface area contributed by atoms with Gasteiger partial charge in [-0.3, -0.25) is 4.90 Å². The molecule has 0 amide bonds. The van der Waals surface area contributed by atoms with E-state index >= 15 is 0 Å². The maximum atomic E-state index is 11.1. The van der Waals surface area contributed by atoms with Gasteiger partial charge in [0, 0.05) is 6.04 Å². The van der Waals surface area contributed by atoms with Crippen molar-refractivity contribution in [3.63, 3.8) is 0 Å². The number of rotatable bonds is 2. The lowest BCUT2D eigenvalue weighted by Gasteiger charge is -2.43. The molecule has 0 aromatic heterocycles. The predicted molar refractivity (Wildman–Crippen MR) is 66.4 cm³/mol. The highest BCUT2D eigenvalue weighted by Crippen LogP contribution is 2.34. The lowest BCUT2D eigenvalue weighted by atomic mass is 9.79. The molecule has 2 aliphatic rings. The lowest BCUT2D eigenvalue weighted by Crippen LogP contribution is -2.49. The van der Waals surface area contributed by atoms with Gasteiger partial charge in [0.15, 0.2) is 0 Å². The monoisotopic (exact) mass is 223 g/mol. The molecule has 0 N–H and O–H groups in total. The van der Waals surface area contributed by atoms with E-state index in [1.54, 1.807) is 0 Å². The number of hydrogen-bond acceptors (Lipinski definition) is 2. The smallest absolute Gasteiger partial charge is 0.137 e. The first kappa shape index (κ1) is 12.1. The first-order chi connectivity index (χ1) is 7.70. The molecule has 2 rings (SSSR count). The van der Waals surface area contributed by atoms with Crippen LogP contribution < -0.4 is 0 Å². The van der Waals surface area contributed by atoms with E-state index in [-0.39, 0.29) is 6.04 Å². The number of carbonyl (C=O) groups is 1. The van der Waals surface area contributed by atoms with Crippen LogP contribution in [0.4, 0.5) is 0 Å². The number of likely N-dealkylation sites (tertiary alicyclic amines) is 1. The number of aldehydes is 1. The predicted octanol–water partition coefficient (Wildman–Crippen LogP) is 2.86. The normalized spacial score (nSPS) is 41.9. The summed E-state index contributed by atoms with van der Waals surface area (Å²) in [6.45, 7) is 5.87. The van der Waals surface area contributed by atoms with Crippen molar-refractivity contribution in [2.45, 2.75) is 64.5 Å². The van der Waals surface area contributed by atoms with Gasteiger partial charge in [0.2, 0.25) is 0 Å². The van der Waals surface area contributed by atoms with Gasteiger partial charge in [0.1, 0.15) is 6.29 Å². The third-order valence-electron chi connectivity index (χ3n) is 4.37. The Morgan fingerprint density at radius 1 is 1.06 bits per heavy atom. The van der Waals surface area contributed by atoms with Gasteiger partial charge in [-0.15, -0.1) is 0 Å². The standard InChI is InChI=1S/C14H25NO/c1-11-7-12(2)9-14(8-11)15-6-4-3-5-13(15)10-16/h10-14H,3-9H2,1-2H3. The first-order valence-corrected chi connectivity index (χ1v) is 6.91. The molecule has 0 radical (unpaired) electrons. The van der Waals surface area contributed by atoms with Crippen LogP contribution >= 0.6 is 0 Å². The second-order valence-electron chi connectivity index (χ2n) is 6.01. The Balaban J connectivity index is 2.00. The molecule has 1 aliphatic carbocycles. The van der Waals surface area contributed by atoms with Gasteiger partial charge in [-0.05, 0) is 50.5 Å². The topological polar surface area (TPSA) is 20.3 Å². The molecular weight excluding hydrogens is 198 g/mol. The highest BCUT2D eigenvalue weighted by atomic mass is 16.1. The van der Waals surface area contributed by atoms with Gasteiger partial charge < -0.3 is 4.79 Å². The highest BCUT2D eigenvalue weighted by Gasteiger charge is 2.33. The Labute approximate surface area is 99.4 Å². The molecular formula is C14H25NO. The molecule has 3 unspecified atom stereocenters. The van der Waals surface area contributed by atoms with Crippen LogP contribution in [-0.2, 0) is 4.79 Å². The van der Waals surface area contributed by atoms with Crippen molar-refractivity contribution in [2.24, 2.45) is 11.8 Å². The molecule has 0 aromatic carbocycles. The van der Waals surface area contributed by atoms with Crippen molar-refractivity contribution in [3.05, 3.63) is 0 Å². The van der Waals surface area contributed by atoms with E-state index in [1.807, 2.05) is 0 Å². The van der Waals surface area contributed by atoms with Crippen molar-refractivity contribution in [1.29, 1.82) is 0 Å². The summed E-state index contributed by atoms with van der Waals surface area (Å²) >= 11 is 0. The molecule has 1 heterocycles. The molecule has 2 heteroatoms. The van der Waals surface area contributed by atoms with Crippen molar-refractivity contribution < 1.29 is 4.79 Å². The largest absolute Gasteiger partial charge is 0.302 e. The van der Waals surface area contributed by atoms with Crippen molar-refractivity contribution in [1.82, 2.24) is 4.90 Å². The van der Waals surface area contributed by atoms with Gasteiger partial charge in [-0.2, -0.15) is 0 Å². The van der Waals surface area contributed by atoms with Gasteiger partial charge in [-0.1, -0.05) is 20.3 Å². The Hall–Kier alpha value is -0.370. The molecule has 1 saturated heterocycles. The number of carbonyl (C=O) groups excluding carboxylic acids is 1. The minimum absolute atomic E-state index is 0.219. The summed E-state index contributed by atoms with van der Waals surface area (Å²) in [4.78, 5) is 13.6. The van der Waals surface area contributed by atoms with Crippen LogP contribution in [0.1, 0.15) is 52.4 Å². The van der Waals surface area contributed by atoms with Crippen LogP contribution in [0.25, 0.3) is 0 Å². The third-order valence-corrected chi connectivity index (χ3v) is 4.37. The average molecular weight is 223 g/mol. The van der Waals surface area contributed by atoms with Gasteiger partial charge in [0.25, 0.3) is 0 Å².